The molecule has 178 valence electrons. The number of nitrogens with zero attached hydrogens (tertiary/aromatic N) is 3. The first-order valence-electron chi connectivity index (χ1n) is 11.3. The van der Waals surface area contributed by atoms with Crippen molar-refractivity contribution in [2.24, 2.45) is 7.05 Å². The monoisotopic (exact) mass is 457 g/mol. The normalized spacial score (nSPS) is 21.9. The largest absolute Gasteiger partial charge is 0.444 e. The number of nitrogens with one attached hydrogen (secondary N) is 2. The van der Waals surface area contributed by atoms with Crippen molar-refractivity contribution in [2.45, 2.75) is 57.7 Å². The van der Waals surface area contributed by atoms with Crippen LogP contribution in [-0.4, -0.2) is 63.2 Å². The molecule has 0 radical (unpaired) electrons. The zero-order chi connectivity index (χ0) is 23.9. The summed E-state index contributed by atoms with van der Waals surface area (Å²) in [5.41, 5.74) is 1.45. The highest BCUT2D eigenvalue weighted by Gasteiger charge is 2.32. The maximum Gasteiger partial charge on any atom is 0.410 e. The number of aryl methyl sites for hydroxylation is 1. The minimum atomic E-state index is -0.713. The number of piperazine rings is 1. The molecular weight excluding hydrogens is 426 g/mol. The Labute approximate surface area is 191 Å². The quantitative estimate of drug-likeness (QED) is 0.667. The number of imide groups is 1. The van der Waals surface area contributed by atoms with Crippen molar-refractivity contribution in [1.82, 2.24) is 24.7 Å². The number of amides is 3. The zero-order valence-corrected chi connectivity index (χ0v) is 19.5. The molecule has 0 aliphatic carbocycles. The van der Waals surface area contributed by atoms with Gasteiger partial charge in [-0.2, -0.15) is 0 Å². The molecular formula is C23H31N5O5. The first-order valence-corrected chi connectivity index (χ1v) is 11.3. The Morgan fingerprint density at radius 1 is 1.18 bits per heavy atom. The predicted octanol–water partition coefficient (Wildman–Crippen LogP) is 1.07. The van der Waals surface area contributed by atoms with Crippen LogP contribution in [0.15, 0.2) is 23.0 Å². The average molecular weight is 458 g/mol. The van der Waals surface area contributed by atoms with Crippen molar-refractivity contribution < 1.29 is 19.1 Å². The van der Waals surface area contributed by atoms with Crippen molar-refractivity contribution in [2.75, 3.05) is 19.6 Å². The minimum Gasteiger partial charge on any atom is -0.444 e. The molecule has 4 rings (SSSR count). The smallest absolute Gasteiger partial charge is 0.410 e. The summed E-state index contributed by atoms with van der Waals surface area (Å²) in [5.74, 6) is -0.770. The molecule has 0 spiro atoms. The molecule has 2 saturated heterocycles. The summed E-state index contributed by atoms with van der Waals surface area (Å²) >= 11 is 0. The van der Waals surface area contributed by atoms with E-state index in [1.165, 1.54) is 9.13 Å². The number of piperidine rings is 1. The number of benzene rings is 1. The number of carbonyl (C=O) groups is 3. The van der Waals surface area contributed by atoms with Gasteiger partial charge in [-0.3, -0.25) is 24.0 Å². The van der Waals surface area contributed by atoms with E-state index in [1.54, 1.807) is 11.9 Å². The van der Waals surface area contributed by atoms with E-state index in [2.05, 4.69) is 10.6 Å². The zero-order valence-electron chi connectivity index (χ0n) is 19.5. The van der Waals surface area contributed by atoms with Gasteiger partial charge in [0, 0.05) is 33.1 Å². The molecule has 2 aromatic rings. The van der Waals surface area contributed by atoms with Gasteiger partial charge in [-0.1, -0.05) is 6.07 Å². The molecule has 2 aliphatic heterocycles. The van der Waals surface area contributed by atoms with E-state index in [9.17, 15) is 19.2 Å². The van der Waals surface area contributed by atoms with E-state index in [0.29, 0.717) is 43.5 Å². The summed E-state index contributed by atoms with van der Waals surface area (Å²) in [4.78, 5) is 51.4. The Kier molecular flexibility index (Phi) is 6.04. The van der Waals surface area contributed by atoms with Crippen molar-refractivity contribution in [3.05, 3.63) is 34.2 Å². The lowest BCUT2D eigenvalue weighted by atomic mass is 10.0. The van der Waals surface area contributed by atoms with Crippen molar-refractivity contribution in [3.8, 4) is 0 Å². The van der Waals surface area contributed by atoms with Gasteiger partial charge in [-0.05, 0) is 51.3 Å². The summed E-state index contributed by atoms with van der Waals surface area (Å²) in [6.07, 6.45) is 0.766. The first kappa shape index (κ1) is 23.0. The van der Waals surface area contributed by atoms with E-state index in [1.807, 2.05) is 39.0 Å². The number of carbonyl (C=O) groups excluding carboxylic acids is 3. The fraction of sp³-hybridized carbons (Fsp3) is 0.565. The van der Waals surface area contributed by atoms with Crippen LogP contribution in [0.4, 0.5) is 4.79 Å². The highest BCUT2D eigenvalue weighted by atomic mass is 16.6. The molecule has 1 aromatic heterocycles. The second kappa shape index (κ2) is 8.66. The van der Waals surface area contributed by atoms with Gasteiger partial charge >= 0.3 is 11.8 Å². The third-order valence-electron chi connectivity index (χ3n) is 6.13. The molecule has 2 atom stereocenters. The molecule has 0 bridgehead atoms. The average Bonchev–Trinajstić information content (AvgIpc) is 2.98. The van der Waals surface area contributed by atoms with E-state index in [4.69, 9.17) is 4.74 Å². The predicted molar refractivity (Wildman–Crippen MR) is 122 cm³/mol. The Morgan fingerprint density at radius 2 is 1.94 bits per heavy atom. The van der Waals surface area contributed by atoms with Gasteiger partial charge in [0.1, 0.15) is 11.6 Å². The second-order valence-corrected chi connectivity index (χ2v) is 9.74. The van der Waals surface area contributed by atoms with Crippen LogP contribution in [0.25, 0.3) is 11.0 Å². The minimum absolute atomic E-state index is 0.0831. The number of ether oxygens (including phenoxy) is 1. The van der Waals surface area contributed by atoms with E-state index in [-0.39, 0.29) is 30.2 Å². The van der Waals surface area contributed by atoms with Crippen LogP contribution in [0.5, 0.6) is 0 Å². The maximum absolute atomic E-state index is 13.0. The molecule has 2 fully saturated rings. The van der Waals surface area contributed by atoms with E-state index >= 15 is 0 Å². The Morgan fingerprint density at radius 3 is 2.64 bits per heavy atom. The van der Waals surface area contributed by atoms with Gasteiger partial charge < -0.3 is 15.0 Å². The third kappa shape index (κ3) is 4.66. The Balaban J connectivity index is 1.61. The van der Waals surface area contributed by atoms with Crippen molar-refractivity contribution in [1.29, 1.82) is 0 Å². The first-order chi connectivity index (χ1) is 15.5. The van der Waals surface area contributed by atoms with Crippen molar-refractivity contribution in [3.63, 3.8) is 0 Å². The van der Waals surface area contributed by atoms with Crippen LogP contribution in [0.2, 0.25) is 0 Å². The molecule has 0 saturated carbocycles. The van der Waals surface area contributed by atoms with Crippen LogP contribution in [-0.2, 0) is 27.8 Å². The molecule has 3 heterocycles. The summed E-state index contributed by atoms with van der Waals surface area (Å²) in [5, 5.41) is 5.66. The number of aromatic nitrogens is 2. The summed E-state index contributed by atoms with van der Waals surface area (Å²) < 4.78 is 8.58. The standard InChI is InChI=1S/C23H31N5O5/c1-23(2,3)33-22(32)27-10-9-24-13-15(27)11-14-5-6-16-18(12-14)26(4)21(31)28(16)17-7-8-19(29)25-20(17)30/h5-6,12,15,17,24H,7-11,13H2,1-4H3,(H,25,29,30). The fourth-order valence-corrected chi connectivity index (χ4v) is 4.54. The van der Waals surface area contributed by atoms with Crippen LogP contribution in [0.3, 0.4) is 0 Å². The Hall–Kier alpha value is -3.14. The topological polar surface area (TPSA) is 115 Å². The van der Waals surface area contributed by atoms with Gasteiger partial charge in [0.05, 0.1) is 17.1 Å². The highest BCUT2D eigenvalue weighted by Crippen LogP contribution is 2.25. The highest BCUT2D eigenvalue weighted by molar-refractivity contribution is 6.00. The van der Waals surface area contributed by atoms with Crippen molar-refractivity contribution >= 4 is 28.9 Å². The van der Waals surface area contributed by atoms with Gasteiger partial charge in [0.2, 0.25) is 11.8 Å². The molecule has 1 aromatic carbocycles. The summed E-state index contributed by atoms with van der Waals surface area (Å²) in [7, 11) is 1.67. The van der Waals surface area contributed by atoms with E-state index < -0.39 is 17.6 Å². The third-order valence-corrected chi connectivity index (χ3v) is 6.13. The lowest BCUT2D eigenvalue weighted by Crippen LogP contribution is -2.55. The number of rotatable bonds is 3. The molecule has 33 heavy (non-hydrogen) atoms. The number of hydrogen-bond donors (Lipinski definition) is 2. The maximum atomic E-state index is 13.0. The van der Waals surface area contributed by atoms with Gasteiger partial charge in [0.25, 0.3) is 0 Å². The molecule has 2 aliphatic rings. The molecule has 2 N–H and O–H groups in total. The summed E-state index contributed by atoms with van der Waals surface area (Å²) in [6.45, 7) is 7.47. The van der Waals surface area contributed by atoms with Gasteiger partial charge in [-0.25, -0.2) is 9.59 Å². The molecule has 10 heteroatoms. The lowest BCUT2D eigenvalue weighted by Gasteiger charge is -2.37. The molecule has 3 amide bonds. The number of imidazole rings is 1. The second-order valence-electron chi connectivity index (χ2n) is 9.74. The number of hydrogen-bond acceptors (Lipinski definition) is 6. The SMILES string of the molecule is Cn1c(=O)n(C2CCC(=O)NC2=O)c2ccc(CC3CNCCN3C(=O)OC(C)(C)C)cc21. The van der Waals surface area contributed by atoms with Crippen LogP contribution >= 0.6 is 0 Å². The molecule has 2 unspecified atom stereocenters. The van der Waals surface area contributed by atoms with E-state index in [0.717, 1.165) is 5.56 Å². The number of fused-ring (bicyclic) bond motifs is 1. The fourth-order valence-electron chi connectivity index (χ4n) is 4.54. The summed E-state index contributed by atoms with van der Waals surface area (Å²) in [6, 6.07) is 4.90. The molecule has 10 nitrogen and oxygen atoms in total. The van der Waals surface area contributed by atoms with Gasteiger partial charge in [-0.15, -0.1) is 0 Å². The lowest BCUT2D eigenvalue weighted by molar-refractivity contribution is -0.135. The van der Waals surface area contributed by atoms with Crippen LogP contribution in [0.1, 0.15) is 45.2 Å². The van der Waals surface area contributed by atoms with Crippen LogP contribution < -0.4 is 16.3 Å². The van der Waals surface area contributed by atoms with Crippen LogP contribution in [0, 0.1) is 0 Å². The Bertz CT molecular complexity index is 1160. The van der Waals surface area contributed by atoms with Gasteiger partial charge in [0.15, 0.2) is 0 Å².